The predicted molar refractivity (Wildman–Crippen MR) is 50.6 cm³/mol. The number of rotatable bonds is 3. The van der Waals surface area contributed by atoms with Crippen molar-refractivity contribution in [3.05, 3.63) is 29.3 Å². The van der Waals surface area contributed by atoms with E-state index >= 15 is 0 Å². The fourth-order valence-corrected chi connectivity index (χ4v) is 1.35. The molecule has 0 saturated carbocycles. The smallest absolute Gasteiger partial charge is 0.252 e. The molecule has 0 aliphatic heterocycles. The molecule has 1 aromatic rings. The van der Waals surface area contributed by atoms with E-state index in [1.807, 2.05) is 13.0 Å². The topological polar surface area (TPSA) is 63.3 Å². The largest absolute Gasteiger partial charge is 0.507 e. The molecule has 0 fully saturated rings. The fourth-order valence-electron chi connectivity index (χ4n) is 1.35. The van der Waals surface area contributed by atoms with Gasteiger partial charge in [0.15, 0.2) is 0 Å². The maximum atomic E-state index is 11.0. The van der Waals surface area contributed by atoms with Crippen molar-refractivity contribution in [2.75, 3.05) is 0 Å². The summed E-state index contributed by atoms with van der Waals surface area (Å²) < 4.78 is 0. The molecule has 0 spiro atoms. The van der Waals surface area contributed by atoms with E-state index in [2.05, 4.69) is 0 Å². The van der Waals surface area contributed by atoms with Gasteiger partial charge in [-0.15, -0.1) is 0 Å². The quantitative estimate of drug-likeness (QED) is 0.737. The highest BCUT2D eigenvalue weighted by molar-refractivity contribution is 5.97. The number of carbonyl (C=O) groups excluding carboxylic acids is 1. The third-order valence-electron chi connectivity index (χ3n) is 1.89. The lowest BCUT2D eigenvalue weighted by molar-refractivity contribution is 0.0997. The molecule has 70 valence electrons. The van der Waals surface area contributed by atoms with Gasteiger partial charge in [-0.2, -0.15) is 0 Å². The van der Waals surface area contributed by atoms with Gasteiger partial charge in [0.25, 0.3) is 5.91 Å². The van der Waals surface area contributed by atoms with Crippen LogP contribution in [0.15, 0.2) is 18.2 Å². The first-order valence-corrected chi connectivity index (χ1v) is 4.27. The third kappa shape index (κ3) is 1.99. The Morgan fingerprint density at radius 2 is 2.23 bits per heavy atom. The maximum absolute atomic E-state index is 11.0. The van der Waals surface area contributed by atoms with Gasteiger partial charge in [-0.3, -0.25) is 4.79 Å². The van der Waals surface area contributed by atoms with Gasteiger partial charge in [0.1, 0.15) is 5.75 Å². The second kappa shape index (κ2) is 3.94. The zero-order valence-corrected chi connectivity index (χ0v) is 7.58. The van der Waals surface area contributed by atoms with Crippen LogP contribution in [-0.4, -0.2) is 11.0 Å². The zero-order chi connectivity index (χ0) is 9.84. The molecular formula is C10H13NO2. The van der Waals surface area contributed by atoms with Crippen molar-refractivity contribution in [1.29, 1.82) is 0 Å². The third-order valence-corrected chi connectivity index (χ3v) is 1.89. The van der Waals surface area contributed by atoms with Crippen LogP contribution in [0.4, 0.5) is 0 Å². The van der Waals surface area contributed by atoms with Gasteiger partial charge in [0.05, 0.1) is 5.56 Å². The van der Waals surface area contributed by atoms with Crippen LogP contribution in [0, 0.1) is 0 Å². The van der Waals surface area contributed by atoms with Gasteiger partial charge in [-0.1, -0.05) is 25.5 Å². The lowest BCUT2D eigenvalue weighted by Gasteiger charge is -2.06. The summed E-state index contributed by atoms with van der Waals surface area (Å²) in [7, 11) is 0. The lowest BCUT2D eigenvalue weighted by atomic mass is 10.0. The average molecular weight is 179 g/mol. The fraction of sp³-hybridized carbons (Fsp3) is 0.300. The Hall–Kier alpha value is -1.51. The normalized spacial score (nSPS) is 9.92. The highest BCUT2D eigenvalue weighted by atomic mass is 16.3. The van der Waals surface area contributed by atoms with E-state index < -0.39 is 5.91 Å². The summed E-state index contributed by atoms with van der Waals surface area (Å²) in [5.41, 5.74) is 6.22. The molecule has 0 aliphatic rings. The molecule has 0 saturated heterocycles. The first-order chi connectivity index (χ1) is 6.16. The number of amides is 1. The molecule has 3 nitrogen and oxygen atoms in total. The monoisotopic (exact) mass is 179 g/mol. The highest BCUT2D eigenvalue weighted by Gasteiger charge is 2.11. The summed E-state index contributed by atoms with van der Waals surface area (Å²) in [6.45, 7) is 2.01. The van der Waals surface area contributed by atoms with Crippen LogP contribution in [0.5, 0.6) is 5.75 Å². The standard InChI is InChI=1S/C10H13NO2/c1-2-4-7-5-3-6-8(12)9(7)10(11)13/h3,5-6,12H,2,4H2,1H3,(H2,11,13). The Morgan fingerprint density at radius 3 is 2.77 bits per heavy atom. The number of benzene rings is 1. The number of carbonyl (C=O) groups is 1. The summed E-state index contributed by atoms with van der Waals surface area (Å²) in [6, 6.07) is 5.00. The van der Waals surface area contributed by atoms with Crippen LogP contribution in [0.2, 0.25) is 0 Å². The van der Waals surface area contributed by atoms with Crippen molar-refractivity contribution >= 4 is 5.91 Å². The number of hydrogen-bond donors (Lipinski definition) is 2. The average Bonchev–Trinajstić information content (AvgIpc) is 2.04. The van der Waals surface area contributed by atoms with Crippen LogP contribution < -0.4 is 5.73 Å². The van der Waals surface area contributed by atoms with Crippen LogP contribution in [0.3, 0.4) is 0 Å². The van der Waals surface area contributed by atoms with E-state index in [4.69, 9.17) is 5.73 Å². The Morgan fingerprint density at radius 1 is 1.54 bits per heavy atom. The van der Waals surface area contributed by atoms with E-state index in [-0.39, 0.29) is 11.3 Å². The minimum absolute atomic E-state index is 0.0292. The summed E-state index contributed by atoms with van der Waals surface area (Å²) in [5.74, 6) is -0.597. The van der Waals surface area contributed by atoms with Gasteiger partial charge >= 0.3 is 0 Å². The SMILES string of the molecule is CCCc1cccc(O)c1C(N)=O. The first kappa shape index (κ1) is 9.58. The summed E-state index contributed by atoms with van der Waals surface area (Å²) in [6.07, 6.45) is 1.68. The first-order valence-electron chi connectivity index (χ1n) is 4.27. The maximum Gasteiger partial charge on any atom is 0.252 e. The molecule has 0 unspecified atom stereocenters. The van der Waals surface area contributed by atoms with E-state index in [9.17, 15) is 9.90 Å². The molecule has 0 heterocycles. The van der Waals surface area contributed by atoms with Crippen LogP contribution in [0.1, 0.15) is 29.3 Å². The van der Waals surface area contributed by atoms with Crippen LogP contribution in [0.25, 0.3) is 0 Å². The van der Waals surface area contributed by atoms with Crippen molar-refractivity contribution in [2.24, 2.45) is 5.73 Å². The molecule has 3 N–H and O–H groups in total. The van der Waals surface area contributed by atoms with Gasteiger partial charge in [0.2, 0.25) is 0 Å². The van der Waals surface area contributed by atoms with Crippen molar-refractivity contribution in [2.45, 2.75) is 19.8 Å². The Labute approximate surface area is 77.2 Å². The van der Waals surface area contributed by atoms with Crippen molar-refractivity contribution in [1.82, 2.24) is 0 Å². The van der Waals surface area contributed by atoms with Crippen molar-refractivity contribution < 1.29 is 9.90 Å². The summed E-state index contributed by atoms with van der Waals surface area (Å²) in [5, 5.41) is 9.39. The van der Waals surface area contributed by atoms with Gasteiger partial charge in [-0.25, -0.2) is 0 Å². The number of hydrogen-bond acceptors (Lipinski definition) is 2. The molecule has 13 heavy (non-hydrogen) atoms. The molecule has 0 atom stereocenters. The van der Waals surface area contributed by atoms with E-state index in [0.717, 1.165) is 18.4 Å². The minimum atomic E-state index is -0.568. The number of nitrogens with two attached hydrogens (primary N) is 1. The Balaban J connectivity index is 3.17. The molecule has 0 bridgehead atoms. The molecule has 1 aromatic carbocycles. The van der Waals surface area contributed by atoms with Gasteiger partial charge in [0, 0.05) is 0 Å². The molecule has 1 amide bonds. The number of phenols is 1. The molecule has 1 rings (SSSR count). The Bertz CT molecular complexity index is 321. The number of aryl methyl sites for hydroxylation is 1. The second-order valence-electron chi connectivity index (χ2n) is 2.93. The second-order valence-corrected chi connectivity index (χ2v) is 2.93. The van der Waals surface area contributed by atoms with Gasteiger partial charge in [-0.05, 0) is 18.1 Å². The van der Waals surface area contributed by atoms with Crippen molar-refractivity contribution in [3.8, 4) is 5.75 Å². The zero-order valence-electron chi connectivity index (χ0n) is 7.58. The summed E-state index contributed by atoms with van der Waals surface area (Å²) in [4.78, 5) is 11.0. The molecular weight excluding hydrogens is 166 g/mol. The lowest BCUT2D eigenvalue weighted by Crippen LogP contribution is -2.13. The van der Waals surface area contributed by atoms with E-state index in [1.54, 1.807) is 6.07 Å². The van der Waals surface area contributed by atoms with E-state index in [1.165, 1.54) is 6.07 Å². The molecule has 0 aliphatic carbocycles. The van der Waals surface area contributed by atoms with E-state index in [0.29, 0.717) is 0 Å². The molecule has 3 heteroatoms. The van der Waals surface area contributed by atoms with Crippen molar-refractivity contribution in [3.63, 3.8) is 0 Å². The minimum Gasteiger partial charge on any atom is -0.507 e. The highest BCUT2D eigenvalue weighted by Crippen LogP contribution is 2.21. The van der Waals surface area contributed by atoms with Crippen LogP contribution in [-0.2, 0) is 6.42 Å². The van der Waals surface area contributed by atoms with Gasteiger partial charge < -0.3 is 10.8 Å². The Kier molecular flexibility index (Phi) is 2.90. The number of aromatic hydroxyl groups is 1. The molecule has 0 radical (unpaired) electrons. The molecule has 0 aromatic heterocycles. The number of primary amides is 1. The van der Waals surface area contributed by atoms with Crippen LogP contribution >= 0.6 is 0 Å². The summed E-state index contributed by atoms with van der Waals surface area (Å²) >= 11 is 0. The predicted octanol–water partition coefficient (Wildman–Crippen LogP) is 1.44.